The van der Waals surface area contributed by atoms with Gasteiger partial charge in [-0.1, -0.05) is 29.8 Å². The van der Waals surface area contributed by atoms with Crippen molar-refractivity contribution < 1.29 is 9.53 Å². The Morgan fingerprint density at radius 1 is 1.33 bits per heavy atom. The first kappa shape index (κ1) is 16.6. The molecule has 1 saturated heterocycles. The predicted octanol–water partition coefficient (Wildman–Crippen LogP) is 2.50. The molecule has 0 bridgehead atoms. The van der Waals surface area contributed by atoms with Crippen LogP contribution in [0.2, 0.25) is 0 Å². The maximum absolute atomic E-state index is 12.7. The normalized spacial score (nSPS) is 20.8. The van der Waals surface area contributed by atoms with Crippen LogP contribution in [0, 0.1) is 12.8 Å². The van der Waals surface area contributed by atoms with Gasteiger partial charge in [0.2, 0.25) is 0 Å². The monoisotopic (exact) mass is 325 g/mol. The molecule has 0 unspecified atom stereocenters. The van der Waals surface area contributed by atoms with Crippen LogP contribution in [0.4, 0.5) is 0 Å². The number of methoxy groups -OCH3 is 1. The van der Waals surface area contributed by atoms with E-state index in [1.807, 2.05) is 4.90 Å². The van der Waals surface area contributed by atoms with E-state index >= 15 is 0 Å². The Hall–Kier alpha value is -2.27. The Bertz CT molecular complexity index is 690. The summed E-state index contributed by atoms with van der Waals surface area (Å²) in [6, 6.07) is 10.3. The maximum atomic E-state index is 12.7. The standard InChI is InChI=1S/C19H23N3O2/c1-14-4-3-5-15(10-14)11-17-13-22(9-7-18(17)24-2)19(23)16-6-8-20-21-12-16/h3-6,8,10,12,17-18H,7,9,11,13H2,1-2H3/t17-,18+/m0/s1. The number of piperidine rings is 1. The fourth-order valence-corrected chi connectivity index (χ4v) is 3.44. The summed E-state index contributed by atoms with van der Waals surface area (Å²) in [6.07, 6.45) is 5.04. The lowest BCUT2D eigenvalue weighted by Crippen LogP contribution is -2.47. The highest BCUT2D eigenvalue weighted by molar-refractivity contribution is 5.93. The van der Waals surface area contributed by atoms with E-state index in [1.54, 1.807) is 19.4 Å². The van der Waals surface area contributed by atoms with Gasteiger partial charge in [0.15, 0.2) is 0 Å². The fourth-order valence-electron chi connectivity index (χ4n) is 3.44. The van der Waals surface area contributed by atoms with E-state index in [4.69, 9.17) is 4.74 Å². The van der Waals surface area contributed by atoms with Crippen molar-refractivity contribution in [3.63, 3.8) is 0 Å². The van der Waals surface area contributed by atoms with Crippen molar-refractivity contribution in [3.8, 4) is 0 Å². The highest BCUT2D eigenvalue weighted by Gasteiger charge is 2.32. The number of carbonyl (C=O) groups excluding carboxylic acids is 1. The molecule has 0 aliphatic carbocycles. The molecule has 1 amide bonds. The number of likely N-dealkylation sites (tertiary alicyclic amines) is 1. The van der Waals surface area contributed by atoms with Gasteiger partial charge in [0.25, 0.3) is 5.91 Å². The average molecular weight is 325 g/mol. The molecular formula is C19H23N3O2. The summed E-state index contributed by atoms with van der Waals surface area (Å²) in [5.74, 6) is 0.318. The van der Waals surface area contributed by atoms with Crippen molar-refractivity contribution >= 4 is 5.91 Å². The Balaban J connectivity index is 1.73. The van der Waals surface area contributed by atoms with Gasteiger partial charge in [-0.15, -0.1) is 0 Å². The molecule has 1 fully saturated rings. The minimum absolute atomic E-state index is 0.0219. The van der Waals surface area contributed by atoms with Gasteiger partial charge >= 0.3 is 0 Å². The minimum Gasteiger partial charge on any atom is -0.381 e. The molecule has 2 aromatic rings. The second-order valence-corrected chi connectivity index (χ2v) is 6.40. The van der Waals surface area contributed by atoms with E-state index < -0.39 is 0 Å². The summed E-state index contributed by atoms with van der Waals surface area (Å²) in [4.78, 5) is 14.6. The van der Waals surface area contributed by atoms with Crippen molar-refractivity contribution in [1.82, 2.24) is 15.1 Å². The van der Waals surface area contributed by atoms with Gasteiger partial charge in [-0.3, -0.25) is 4.79 Å². The van der Waals surface area contributed by atoms with E-state index in [-0.39, 0.29) is 12.0 Å². The third-order valence-corrected chi connectivity index (χ3v) is 4.67. The number of hydrogen-bond acceptors (Lipinski definition) is 4. The lowest BCUT2D eigenvalue weighted by Gasteiger charge is -2.38. The zero-order valence-corrected chi connectivity index (χ0v) is 14.2. The van der Waals surface area contributed by atoms with Gasteiger partial charge in [-0.2, -0.15) is 10.2 Å². The molecule has 1 aliphatic rings. The first-order chi connectivity index (χ1) is 11.7. The number of aromatic nitrogens is 2. The minimum atomic E-state index is 0.0219. The molecule has 3 rings (SSSR count). The van der Waals surface area contributed by atoms with Gasteiger partial charge in [-0.25, -0.2) is 0 Å². The molecule has 1 aliphatic heterocycles. The molecule has 24 heavy (non-hydrogen) atoms. The Labute approximate surface area is 142 Å². The molecule has 2 atom stereocenters. The largest absolute Gasteiger partial charge is 0.381 e. The smallest absolute Gasteiger partial charge is 0.255 e. The van der Waals surface area contributed by atoms with Gasteiger partial charge < -0.3 is 9.64 Å². The second-order valence-electron chi connectivity index (χ2n) is 6.40. The number of amides is 1. The summed E-state index contributed by atoms with van der Waals surface area (Å²) in [7, 11) is 1.76. The molecule has 0 saturated carbocycles. The number of hydrogen-bond donors (Lipinski definition) is 0. The molecule has 1 aromatic heterocycles. The van der Waals surface area contributed by atoms with Crippen LogP contribution >= 0.6 is 0 Å². The lowest BCUT2D eigenvalue weighted by atomic mass is 9.88. The van der Waals surface area contributed by atoms with Crippen LogP contribution in [0.15, 0.2) is 42.7 Å². The summed E-state index contributed by atoms with van der Waals surface area (Å²) < 4.78 is 5.68. The quantitative estimate of drug-likeness (QED) is 0.867. The third-order valence-electron chi connectivity index (χ3n) is 4.67. The molecule has 5 heteroatoms. The SMILES string of the molecule is CO[C@@H]1CCN(C(=O)c2ccnnc2)C[C@@H]1Cc1cccc(C)c1. The second kappa shape index (κ2) is 7.53. The van der Waals surface area contributed by atoms with E-state index in [0.29, 0.717) is 24.6 Å². The number of nitrogens with zero attached hydrogens (tertiary/aromatic N) is 3. The van der Waals surface area contributed by atoms with Crippen LogP contribution in [0.3, 0.4) is 0 Å². The molecule has 5 nitrogen and oxygen atoms in total. The Kier molecular flexibility index (Phi) is 5.20. The first-order valence-electron chi connectivity index (χ1n) is 8.31. The maximum Gasteiger partial charge on any atom is 0.255 e. The molecule has 2 heterocycles. The summed E-state index contributed by atoms with van der Waals surface area (Å²) in [5.41, 5.74) is 3.14. The van der Waals surface area contributed by atoms with E-state index in [2.05, 4.69) is 41.4 Å². The van der Waals surface area contributed by atoms with Gasteiger partial charge in [0.05, 0.1) is 24.1 Å². The van der Waals surface area contributed by atoms with Crippen LogP contribution in [0.5, 0.6) is 0 Å². The average Bonchev–Trinajstić information content (AvgIpc) is 2.62. The summed E-state index contributed by atoms with van der Waals surface area (Å²) >= 11 is 0. The fraction of sp³-hybridized carbons (Fsp3) is 0.421. The lowest BCUT2D eigenvalue weighted by molar-refractivity contribution is -0.00301. The molecular weight excluding hydrogens is 302 g/mol. The zero-order chi connectivity index (χ0) is 16.9. The number of rotatable bonds is 4. The molecule has 0 spiro atoms. The molecule has 126 valence electrons. The van der Waals surface area contributed by atoms with Gasteiger partial charge in [-0.05, 0) is 31.4 Å². The van der Waals surface area contributed by atoms with Crippen molar-refractivity contribution in [2.45, 2.75) is 25.9 Å². The zero-order valence-electron chi connectivity index (χ0n) is 14.2. The van der Waals surface area contributed by atoms with Crippen molar-refractivity contribution in [2.24, 2.45) is 5.92 Å². The van der Waals surface area contributed by atoms with Crippen LogP contribution in [-0.4, -0.2) is 47.3 Å². The number of carbonyl (C=O) groups is 1. The van der Waals surface area contributed by atoms with Crippen molar-refractivity contribution in [3.05, 3.63) is 59.4 Å². The number of benzene rings is 1. The molecule has 0 N–H and O–H groups in total. The van der Waals surface area contributed by atoms with E-state index in [1.165, 1.54) is 17.3 Å². The van der Waals surface area contributed by atoms with Crippen LogP contribution in [0.25, 0.3) is 0 Å². The molecule has 0 radical (unpaired) electrons. The van der Waals surface area contributed by atoms with Crippen LogP contribution < -0.4 is 0 Å². The third kappa shape index (κ3) is 3.79. The van der Waals surface area contributed by atoms with Crippen LogP contribution in [0.1, 0.15) is 27.9 Å². The predicted molar refractivity (Wildman–Crippen MR) is 91.7 cm³/mol. The topological polar surface area (TPSA) is 55.3 Å². The number of aryl methyl sites for hydroxylation is 1. The molecule has 1 aromatic carbocycles. The van der Waals surface area contributed by atoms with Crippen molar-refractivity contribution in [2.75, 3.05) is 20.2 Å². The highest BCUT2D eigenvalue weighted by atomic mass is 16.5. The van der Waals surface area contributed by atoms with Crippen LogP contribution in [-0.2, 0) is 11.2 Å². The van der Waals surface area contributed by atoms with Gasteiger partial charge in [0, 0.05) is 26.1 Å². The highest BCUT2D eigenvalue weighted by Crippen LogP contribution is 2.25. The summed E-state index contributed by atoms with van der Waals surface area (Å²) in [5, 5.41) is 7.54. The number of ether oxygens (including phenoxy) is 1. The Morgan fingerprint density at radius 3 is 2.92 bits per heavy atom. The van der Waals surface area contributed by atoms with E-state index in [9.17, 15) is 4.79 Å². The summed E-state index contributed by atoms with van der Waals surface area (Å²) in [6.45, 7) is 3.52. The first-order valence-corrected chi connectivity index (χ1v) is 8.31. The van der Waals surface area contributed by atoms with Crippen molar-refractivity contribution in [1.29, 1.82) is 0 Å². The van der Waals surface area contributed by atoms with E-state index in [0.717, 1.165) is 12.8 Å². The Morgan fingerprint density at radius 2 is 2.21 bits per heavy atom. The van der Waals surface area contributed by atoms with Gasteiger partial charge in [0.1, 0.15) is 0 Å².